The highest BCUT2D eigenvalue weighted by atomic mass is 16.3. The van der Waals surface area contributed by atoms with Gasteiger partial charge in [-0.15, -0.1) is 6.58 Å². The molecule has 3 aliphatic rings. The maximum atomic E-state index is 14.0. The molecule has 6 atom stereocenters. The van der Waals surface area contributed by atoms with E-state index in [0.717, 1.165) is 5.69 Å². The van der Waals surface area contributed by atoms with E-state index < -0.39 is 58.7 Å². The lowest BCUT2D eigenvalue weighted by molar-refractivity contribution is -0.178. The van der Waals surface area contributed by atoms with Crippen LogP contribution in [0.3, 0.4) is 0 Å². The van der Waals surface area contributed by atoms with Crippen molar-refractivity contribution in [3.05, 3.63) is 46.7 Å². The number of aromatic hydroxyl groups is 1. The Morgan fingerprint density at radius 3 is 2.47 bits per heavy atom. The summed E-state index contributed by atoms with van der Waals surface area (Å²) in [5.74, 6) is -7.44. The number of aliphatic hydroxyl groups excluding tert-OH is 2. The third-order valence-corrected chi connectivity index (χ3v) is 8.24. The van der Waals surface area contributed by atoms with E-state index in [2.05, 4.69) is 11.9 Å². The highest BCUT2D eigenvalue weighted by Crippen LogP contribution is 2.53. The molecule has 0 spiro atoms. The standard InChI is InChI=1S/C27H36N4O7/c1-6-7-29-11-13-10-16(30(2)3)14-8-12-9-15-20(31(4)5)23(34)19(26(28)37)25(36)27(15,38)24(35)17(12)22(33)18(14)21(13)32/h6,10,12,15,19-20,23,29,32,34-35,38H,1,7-9,11H2,2-5H3,(H2,28,37)/t12-,15-,19?,20-,23?,27-/m0/s1. The predicted octanol–water partition coefficient (Wildman–Crippen LogP) is -0.373. The van der Waals surface area contributed by atoms with E-state index in [1.165, 1.54) is 0 Å². The maximum Gasteiger partial charge on any atom is 0.230 e. The molecule has 1 saturated carbocycles. The Morgan fingerprint density at radius 2 is 1.92 bits per heavy atom. The van der Waals surface area contributed by atoms with Crippen molar-refractivity contribution in [2.24, 2.45) is 23.5 Å². The third-order valence-electron chi connectivity index (χ3n) is 8.24. The van der Waals surface area contributed by atoms with Gasteiger partial charge in [-0.1, -0.05) is 6.08 Å². The Bertz CT molecular complexity index is 1240. The number of hydrogen-bond acceptors (Lipinski definition) is 10. The van der Waals surface area contributed by atoms with Crippen LogP contribution in [0.5, 0.6) is 5.75 Å². The van der Waals surface area contributed by atoms with Crippen molar-refractivity contribution in [3.8, 4) is 5.75 Å². The van der Waals surface area contributed by atoms with Crippen molar-refractivity contribution < 1.29 is 34.8 Å². The molecule has 11 heteroatoms. The summed E-state index contributed by atoms with van der Waals surface area (Å²) in [7, 11) is 6.90. The van der Waals surface area contributed by atoms with E-state index in [4.69, 9.17) is 5.73 Å². The normalized spacial score (nSPS) is 30.6. The van der Waals surface area contributed by atoms with Gasteiger partial charge in [0, 0.05) is 56.0 Å². The molecular weight excluding hydrogens is 492 g/mol. The SMILES string of the molecule is C=CCNCc1cc(N(C)C)c2c(c1O)C(=O)C1=C(O)[C@]3(O)C(=O)C(C(N)=O)C(O)[C@@H](N(C)C)[C@@H]3C[C@@H]1C2. The molecule has 1 fully saturated rings. The highest BCUT2D eigenvalue weighted by Gasteiger charge is 2.66. The van der Waals surface area contributed by atoms with Crippen molar-refractivity contribution in [2.75, 3.05) is 39.6 Å². The van der Waals surface area contributed by atoms with E-state index in [9.17, 15) is 34.8 Å². The second-order valence-electron chi connectivity index (χ2n) is 10.9. The number of fused-ring (bicyclic) bond motifs is 3. The van der Waals surface area contributed by atoms with Crippen molar-refractivity contribution in [1.29, 1.82) is 0 Å². The van der Waals surface area contributed by atoms with Gasteiger partial charge < -0.3 is 41.3 Å². The number of nitrogens with zero attached hydrogens (tertiary/aromatic N) is 2. The molecule has 4 rings (SSSR count). The molecule has 0 saturated heterocycles. The largest absolute Gasteiger partial charge is 0.508 e. The van der Waals surface area contributed by atoms with Gasteiger partial charge in [-0.2, -0.15) is 0 Å². The molecule has 1 amide bonds. The number of carbonyl (C=O) groups excluding carboxylic acids is 3. The third kappa shape index (κ3) is 3.92. The minimum Gasteiger partial charge on any atom is -0.508 e. The van der Waals surface area contributed by atoms with E-state index in [1.807, 2.05) is 19.0 Å². The smallest absolute Gasteiger partial charge is 0.230 e. The van der Waals surface area contributed by atoms with Crippen molar-refractivity contribution in [1.82, 2.24) is 10.2 Å². The fourth-order valence-electron chi connectivity index (χ4n) is 6.55. The summed E-state index contributed by atoms with van der Waals surface area (Å²) in [5.41, 5.74) is 4.44. The minimum atomic E-state index is -2.60. The molecule has 11 nitrogen and oxygen atoms in total. The number of rotatable bonds is 7. The van der Waals surface area contributed by atoms with Gasteiger partial charge in [-0.25, -0.2) is 0 Å². The van der Waals surface area contributed by atoms with E-state index >= 15 is 0 Å². The Labute approximate surface area is 221 Å². The number of ketones is 2. The first-order chi connectivity index (χ1) is 17.8. The fourth-order valence-corrected chi connectivity index (χ4v) is 6.55. The predicted molar refractivity (Wildman–Crippen MR) is 140 cm³/mol. The van der Waals surface area contributed by atoms with Crippen LogP contribution in [0.1, 0.15) is 27.9 Å². The average Bonchev–Trinajstić information content (AvgIpc) is 2.82. The van der Waals surface area contributed by atoms with Crippen LogP contribution in [-0.4, -0.2) is 95.3 Å². The summed E-state index contributed by atoms with van der Waals surface area (Å²) < 4.78 is 0. The topological polar surface area (TPSA) is 177 Å². The lowest BCUT2D eigenvalue weighted by atomic mass is 9.56. The van der Waals surface area contributed by atoms with E-state index in [-0.39, 0.29) is 36.3 Å². The minimum absolute atomic E-state index is 0.00496. The molecule has 0 aromatic heterocycles. The zero-order valence-electron chi connectivity index (χ0n) is 22.1. The summed E-state index contributed by atoms with van der Waals surface area (Å²) in [6, 6.07) is 0.898. The number of nitrogens with two attached hydrogens (primary N) is 1. The van der Waals surface area contributed by atoms with Gasteiger partial charge >= 0.3 is 0 Å². The van der Waals surface area contributed by atoms with Crippen molar-refractivity contribution in [2.45, 2.75) is 37.1 Å². The Hall–Kier alpha value is -3.25. The fraction of sp³-hybridized carbons (Fsp3) is 0.519. The van der Waals surface area contributed by atoms with Crippen LogP contribution in [0, 0.1) is 17.8 Å². The van der Waals surface area contributed by atoms with Gasteiger partial charge in [-0.3, -0.25) is 14.4 Å². The number of hydrogen-bond donors (Lipinski definition) is 6. The zero-order valence-corrected chi connectivity index (χ0v) is 22.1. The second-order valence-corrected chi connectivity index (χ2v) is 10.9. The molecule has 3 aliphatic carbocycles. The summed E-state index contributed by atoms with van der Waals surface area (Å²) in [5, 5.41) is 48.4. The highest BCUT2D eigenvalue weighted by molar-refractivity contribution is 6.16. The number of phenols is 1. The Balaban J connectivity index is 1.92. The number of aliphatic hydroxyl groups is 3. The molecule has 0 aliphatic heterocycles. The Kier molecular flexibility index (Phi) is 7.17. The molecule has 38 heavy (non-hydrogen) atoms. The first-order valence-corrected chi connectivity index (χ1v) is 12.5. The zero-order chi connectivity index (χ0) is 28.3. The molecule has 2 unspecified atom stereocenters. The lowest BCUT2D eigenvalue weighted by Crippen LogP contribution is -2.71. The number of amides is 1. The number of Topliss-reactive ketones (excluding diaryl/α,β-unsaturated/α-hetero) is 2. The molecule has 0 heterocycles. The summed E-state index contributed by atoms with van der Waals surface area (Å²) in [6.45, 7) is 4.39. The van der Waals surface area contributed by atoms with Gasteiger partial charge in [0.05, 0.1) is 11.7 Å². The summed E-state index contributed by atoms with van der Waals surface area (Å²) >= 11 is 0. The molecule has 0 bridgehead atoms. The van der Waals surface area contributed by atoms with Crippen LogP contribution in [0.25, 0.3) is 0 Å². The second kappa shape index (κ2) is 9.81. The number of anilines is 1. The van der Waals surface area contributed by atoms with Gasteiger partial charge in [0.2, 0.25) is 5.91 Å². The van der Waals surface area contributed by atoms with Crippen LogP contribution in [-0.2, 0) is 22.6 Å². The number of benzene rings is 1. The number of carbonyl (C=O) groups is 3. The number of phenolic OH excluding ortho intramolecular Hbond substituents is 1. The quantitative estimate of drug-likeness (QED) is 0.155. The van der Waals surface area contributed by atoms with Gasteiger partial charge in [0.25, 0.3) is 0 Å². The van der Waals surface area contributed by atoms with Crippen LogP contribution >= 0.6 is 0 Å². The van der Waals surface area contributed by atoms with Crippen molar-refractivity contribution >= 4 is 23.2 Å². The number of likely N-dealkylation sites (N-methyl/N-ethyl adjacent to an activating group) is 1. The average molecular weight is 529 g/mol. The van der Waals surface area contributed by atoms with Crippen LogP contribution in [0.15, 0.2) is 30.1 Å². The lowest BCUT2D eigenvalue weighted by Gasteiger charge is -2.53. The number of allylic oxidation sites excluding steroid dienone is 1. The van der Waals surface area contributed by atoms with Gasteiger partial charge in [0.1, 0.15) is 17.4 Å². The van der Waals surface area contributed by atoms with E-state index in [1.54, 1.807) is 31.1 Å². The Morgan fingerprint density at radius 1 is 1.26 bits per heavy atom. The number of primary amides is 1. The molecule has 1 aromatic carbocycles. The first-order valence-electron chi connectivity index (χ1n) is 12.5. The van der Waals surface area contributed by atoms with Gasteiger partial charge in [-0.05, 0) is 44.5 Å². The molecule has 7 N–H and O–H groups in total. The van der Waals surface area contributed by atoms with Crippen LogP contribution < -0.4 is 16.0 Å². The molecule has 206 valence electrons. The molecular formula is C27H36N4O7. The van der Waals surface area contributed by atoms with Gasteiger partial charge in [0.15, 0.2) is 17.2 Å². The number of nitrogens with one attached hydrogen (secondary N) is 1. The monoisotopic (exact) mass is 528 g/mol. The molecule has 0 radical (unpaired) electrons. The van der Waals surface area contributed by atoms with Crippen molar-refractivity contribution in [3.63, 3.8) is 0 Å². The molecule has 1 aromatic rings. The first kappa shape index (κ1) is 27.8. The van der Waals surface area contributed by atoms with Crippen LogP contribution in [0.2, 0.25) is 0 Å². The van der Waals surface area contributed by atoms with Crippen LogP contribution in [0.4, 0.5) is 5.69 Å². The summed E-state index contributed by atoms with van der Waals surface area (Å²) in [6.07, 6.45) is 0.485. The maximum absolute atomic E-state index is 14.0. The summed E-state index contributed by atoms with van der Waals surface area (Å²) in [4.78, 5) is 43.0. The van der Waals surface area contributed by atoms with E-state index in [0.29, 0.717) is 17.7 Å².